The fourth-order valence-electron chi connectivity index (χ4n) is 3.52. The molecule has 0 spiro atoms. The molecule has 30 heavy (non-hydrogen) atoms. The van der Waals surface area contributed by atoms with Crippen LogP contribution in [0.4, 0.5) is 0 Å². The number of rotatable bonds is 7. The van der Waals surface area contributed by atoms with Crippen molar-refractivity contribution in [1.29, 1.82) is 0 Å². The number of aliphatic imine (C=N–C) groups is 1. The molecule has 1 fully saturated rings. The van der Waals surface area contributed by atoms with E-state index in [0.29, 0.717) is 24.0 Å². The van der Waals surface area contributed by atoms with Gasteiger partial charge in [0, 0.05) is 31.7 Å². The molecular weight excluding hydrogens is 519 g/mol. The first-order valence-corrected chi connectivity index (χ1v) is 10.8. The van der Waals surface area contributed by atoms with Gasteiger partial charge in [-0.2, -0.15) is 0 Å². The van der Waals surface area contributed by atoms with Crippen LogP contribution in [0, 0.1) is 0 Å². The van der Waals surface area contributed by atoms with Crippen molar-refractivity contribution in [3.8, 4) is 11.5 Å². The lowest BCUT2D eigenvalue weighted by Crippen LogP contribution is -2.52. The summed E-state index contributed by atoms with van der Waals surface area (Å²) in [6, 6.07) is 3.95. The Kier molecular flexibility index (Phi) is 10.3. The summed E-state index contributed by atoms with van der Waals surface area (Å²) >= 11 is 6.34. The van der Waals surface area contributed by atoms with E-state index in [2.05, 4.69) is 36.3 Å². The van der Waals surface area contributed by atoms with E-state index >= 15 is 0 Å². The van der Waals surface area contributed by atoms with Crippen molar-refractivity contribution in [3.63, 3.8) is 0 Å². The Morgan fingerprint density at radius 3 is 2.60 bits per heavy atom. The highest BCUT2D eigenvalue weighted by Crippen LogP contribution is 2.38. The summed E-state index contributed by atoms with van der Waals surface area (Å²) in [5.41, 5.74) is 1.10. The Balaban J connectivity index is 0.00000320. The van der Waals surface area contributed by atoms with Gasteiger partial charge in [0.05, 0.1) is 24.8 Å². The fourth-order valence-corrected chi connectivity index (χ4v) is 3.80. The van der Waals surface area contributed by atoms with Gasteiger partial charge in [-0.05, 0) is 44.9 Å². The van der Waals surface area contributed by atoms with Crippen LogP contribution in [0.2, 0.25) is 5.02 Å². The van der Waals surface area contributed by atoms with Crippen molar-refractivity contribution in [3.05, 3.63) is 22.7 Å². The van der Waals surface area contributed by atoms with Crippen molar-refractivity contribution >= 4 is 41.5 Å². The smallest absolute Gasteiger partial charge is 0.191 e. The minimum atomic E-state index is -0.00448. The molecule has 0 amide bonds. The fraction of sp³-hybridized carbons (Fsp3) is 0.667. The molecule has 0 unspecified atom stereocenters. The van der Waals surface area contributed by atoms with Crippen LogP contribution < -0.4 is 20.1 Å². The molecule has 0 atom stereocenters. The molecule has 0 aliphatic carbocycles. The summed E-state index contributed by atoms with van der Waals surface area (Å²) in [5, 5.41) is 7.36. The molecule has 0 aromatic heterocycles. The van der Waals surface area contributed by atoms with Crippen molar-refractivity contribution in [1.82, 2.24) is 15.5 Å². The van der Waals surface area contributed by atoms with Gasteiger partial charge in [-0.3, -0.25) is 9.89 Å². The first-order chi connectivity index (χ1) is 14.0. The Morgan fingerprint density at radius 1 is 1.13 bits per heavy atom. The van der Waals surface area contributed by atoms with Crippen molar-refractivity contribution < 1.29 is 14.2 Å². The van der Waals surface area contributed by atoms with Crippen LogP contribution in [0.25, 0.3) is 0 Å². The van der Waals surface area contributed by atoms with Gasteiger partial charge in [0.2, 0.25) is 0 Å². The number of ether oxygens (including phenoxy) is 3. The van der Waals surface area contributed by atoms with Crippen LogP contribution >= 0.6 is 35.6 Å². The zero-order valence-electron chi connectivity index (χ0n) is 18.1. The monoisotopic (exact) mass is 552 g/mol. The number of halogens is 2. The third-order valence-corrected chi connectivity index (χ3v) is 5.48. The number of hydrogen-bond donors (Lipinski definition) is 2. The molecule has 3 rings (SSSR count). The molecule has 2 heterocycles. The maximum Gasteiger partial charge on any atom is 0.191 e. The standard InChI is InChI=1S/C21H33ClN4O3.HI/c1-4-23-20(25-15-21(2,3)26-7-9-27-10-8-26)24-6-5-16-13-17(22)19-18(14-16)28-11-12-29-19;/h13-14H,4-12,15H2,1-3H3,(H2,23,24,25);1H. The molecule has 0 bridgehead atoms. The average molecular weight is 553 g/mol. The van der Waals surface area contributed by atoms with E-state index in [1.807, 2.05) is 12.1 Å². The van der Waals surface area contributed by atoms with E-state index in [4.69, 9.17) is 30.8 Å². The van der Waals surface area contributed by atoms with E-state index < -0.39 is 0 Å². The first-order valence-electron chi connectivity index (χ1n) is 10.4. The average Bonchev–Trinajstić information content (AvgIpc) is 2.73. The largest absolute Gasteiger partial charge is 0.486 e. The summed E-state index contributed by atoms with van der Waals surface area (Å²) in [5.74, 6) is 2.21. The SMILES string of the molecule is CCNC(=NCC(C)(C)N1CCOCC1)NCCc1cc(Cl)c2c(c1)OCCO2.I. The Hall–Kier alpha value is -0.970. The van der Waals surface area contributed by atoms with Crippen LogP contribution in [0.1, 0.15) is 26.3 Å². The molecule has 0 saturated carbocycles. The minimum absolute atomic E-state index is 0. The van der Waals surface area contributed by atoms with Crippen LogP contribution in [0.5, 0.6) is 11.5 Å². The second kappa shape index (κ2) is 12.2. The lowest BCUT2D eigenvalue weighted by molar-refractivity contribution is -0.00683. The highest BCUT2D eigenvalue weighted by Gasteiger charge is 2.28. The van der Waals surface area contributed by atoms with Crippen molar-refractivity contribution in [2.45, 2.75) is 32.7 Å². The van der Waals surface area contributed by atoms with E-state index in [9.17, 15) is 0 Å². The predicted molar refractivity (Wildman–Crippen MR) is 132 cm³/mol. The third kappa shape index (κ3) is 7.03. The molecule has 7 nitrogen and oxygen atoms in total. The number of fused-ring (bicyclic) bond motifs is 1. The summed E-state index contributed by atoms with van der Waals surface area (Å²) < 4.78 is 16.7. The maximum atomic E-state index is 6.34. The molecule has 0 radical (unpaired) electrons. The molecule has 1 saturated heterocycles. The van der Waals surface area contributed by atoms with Crippen molar-refractivity contribution in [2.75, 3.05) is 59.2 Å². The van der Waals surface area contributed by atoms with E-state index in [-0.39, 0.29) is 29.5 Å². The highest BCUT2D eigenvalue weighted by atomic mass is 127. The summed E-state index contributed by atoms with van der Waals surface area (Å²) in [4.78, 5) is 7.27. The van der Waals surface area contributed by atoms with E-state index in [0.717, 1.165) is 69.6 Å². The second-order valence-corrected chi connectivity index (χ2v) is 8.29. The molecular formula is C21H34ClIN4O3. The highest BCUT2D eigenvalue weighted by molar-refractivity contribution is 14.0. The molecule has 9 heteroatoms. The molecule has 2 aliphatic heterocycles. The Morgan fingerprint density at radius 2 is 1.87 bits per heavy atom. The minimum Gasteiger partial charge on any atom is -0.486 e. The van der Waals surface area contributed by atoms with Gasteiger partial charge in [-0.15, -0.1) is 24.0 Å². The zero-order valence-corrected chi connectivity index (χ0v) is 21.2. The van der Waals surface area contributed by atoms with Gasteiger partial charge < -0.3 is 24.8 Å². The predicted octanol–water partition coefficient (Wildman–Crippen LogP) is 2.94. The number of nitrogens with zero attached hydrogens (tertiary/aromatic N) is 2. The van der Waals surface area contributed by atoms with Gasteiger partial charge in [0.1, 0.15) is 13.2 Å². The Labute approximate surface area is 201 Å². The van der Waals surface area contributed by atoms with Gasteiger partial charge in [0.15, 0.2) is 17.5 Å². The second-order valence-electron chi connectivity index (χ2n) is 7.89. The van der Waals surface area contributed by atoms with Crippen LogP contribution in [0.3, 0.4) is 0 Å². The number of hydrogen-bond acceptors (Lipinski definition) is 5. The van der Waals surface area contributed by atoms with Gasteiger partial charge >= 0.3 is 0 Å². The van der Waals surface area contributed by atoms with Crippen LogP contribution in [0.15, 0.2) is 17.1 Å². The van der Waals surface area contributed by atoms with Crippen molar-refractivity contribution in [2.24, 2.45) is 4.99 Å². The molecule has 2 N–H and O–H groups in total. The van der Waals surface area contributed by atoms with Gasteiger partial charge in [-0.1, -0.05) is 11.6 Å². The number of guanidine groups is 1. The lowest BCUT2D eigenvalue weighted by atomic mass is 10.0. The topological polar surface area (TPSA) is 67.4 Å². The Bertz CT molecular complexity index is 712. The van der Waals surface area contributed by atoms with Crippen LogP contribution in [-0.4, -0.2) is 75.5 Å². The quantitative estimate of drug-likeness (QED) is 0.308. The molecule has 2 aliphatic rings. The summed E-state index contributed by atoms with van der Waals surface area (Å²) in [6.45, 7) is 13.4. The van der Waals surface area contributed by atoms with Gasteiger partial charge in [0.25, 0.3) is 0 Å². The number of morpholine rings is 1. The van der Waals surface area contributed by atoms with Gasteiger partial charge in [-0.25, -0.2) is 0 Å². The molecule has 1 aromatic rings. The summed E-state index contributed by atoms with van der Waals surface area (Å²) in [7, 11) is 0. The molecule has 170 valence electrons. The summed E-state index contributed by atoms with van der Waals surface area (Å²) in [6.07, 6.45) is 0.813. The van der Waals surface area contributed by atoms with E-state index in [1.165, 1.54) is 0 Å². The normalized spacial score (nSPS) is 17.3. The number of nitrogens with one attached hydrogen (secondary N) is 2. The molecule has 1 aromatic carbocycles. The number of benzene rings is 1. The first kappa shape index (κ1) is 25.3. The van der Waals surface area contributed by atoms with E-state index in [1.54, 1.807) is 0 Å². The zero-order chi connectivity index (χ0) is 20.7. The lowest BCUT2D eigenvalue weighted by Gasteiger charge is -2.39. The maximum absolute atomic E-state index is 6.34. The van der Waals surface area contributed by atoms with Crippen LogP contribution in [-0.2, 0) is 11.2 Å². The third-order valence-electron chi connectivity index (χ3n) is 5.20.